The molecule has 1 heterocycles. The number of hydrogen-bond donors (Lipinski definition) is 1. The Bertz CT molecular complexity index is 495. The molecule has 0 aliphatic carbocycles. The topological polar surface area (TPSA) is 49.8 Å². The minimum atomic E-state index is -0.696. The quantitative estimate of drug-likeness (QED) is 0.912. The first-order valence-corrected chi connectivity index (χ1v) is 7.18. The summed E-state index contributed by atoms with van der Waals surface area (Å²) in [5.74, 6) is -0.379. The molecule has 2 atom stereocenters. The van der Waals surface area contributed by atoms with Gasteiger partial charge in [0.05, 0.1) is 6.10 Å². The average Bonchev–Trinajstić information content (AvgIpc) is 2.86. The van der Waals surface area contributed by atoms with Crippen LogP contribution in [0.5, 0.6) is 0 Å². The summed E-state index contributed by atoms with van der Waals surface area (Å²) in [6.07, 6.45) is -0.341. The Morgan fingerprint density at radius 2 is 2.00 bits per heavy atom. The maximum atomic E-state index is 12.9. The number of nitrogens with zero attached hydrogens (tertiary/aromatic N) is 1. The number of carbonyl (C=O) groups is 1. The lowest BCUT2D eigenvalue weighted by molar-refractivity contribution is 0.0268. The first-order chi connectivity index (χ1) is 9.76. The summed E-state index contributed by atoms with van der Waals surface area (Å²) < 4.78 is 18.2. The van der Waals surface area contributed by atoms with Gasteiger partial charge in [0.2, 0.25) is 0 Å². The Kier molecular flexibility index (Phi) is 4.52. The second kappa shape index (κ2) is 6.02. The van der Waals surface area contributed by atoms with E-state index in [0.717, 1.165) is 0 Å². The van der Waals surface area contributed by atoms with Crippen LogP contribution in [0, 0.1) is 11.7 Å². The van der Waals surface area contributed by atoms with Crippen LogP contribution in [-0.4, -0.2) is 34.8 Å². The number of benzene rings is 1. The molecule has 4 nitrogen and oxygen atoms in total. The Morgan fingerprint density at radius 3 is 2.57 bits per heavy atom. The molecule has 1 aromatic carbocycles. The van der Waals surface area contributed by atoms with Crippen molar-refractivity contribution in [3.8, 4) is 0 Å². The fourth-order valence-electron chi connectivity index (χ4n) is 2.47. The SMILES string of the molecule is CC(C)(C)OC(=O)N1CCC(C(O)c2ccc(F)cc2)C1. The van der Waals surface area contributed by atoms with Gasteiger partial charge >= 0.3 is 6.09 Å². The molecule has 2 unspecified atom stereocenters. The second-order valence-electron chi connectivity index (χ2n) is 6.47. The van der Waals surface area contributed by atoms with Gasteiger partial charge in [0.1, 0.15) is 11.4 Å². The van der Waals surface area contributed by atoms with E-state index in [0.29, 0.717) is 25.1 Å². The van der Waals surface area contributed by atoms with Crippen LogP contribution in [-0.2, 0) is 4.74 Å². The lowest BCUT2D eigenvalue weighted by Crippen LogP contribution is -2.35. The number of aliphatic hydroxyl groups excluding tert-OH is 1. The average molecular weight is 295 g/mol. The van der Waals surface area contributed by atoms with Crippen molar-refractivity contribution in [3.63, 3.8) is 0 Å². The van der Waals surface area contributed by atoms with Crippen LogP contribution in [0.15, 0.2) is 24.3 Å². The molecular weight excluding hydrogens is 273 g/mol. The van der Waals surface area contributed by atoms with Crippen molar-refractivity contribution in [3.05, 3.63) is 35.6 Å². The van der Waals surface area contributed by atoms with Crippen LogP contribution in [0.1, 0.15) is 38.9 Å². The minimum Gasteiger partial charge on any atom is -0.444 e. The largest absolute Gasteiger partial charge is 0.444 e. The molecule has 21 heavy (non-hydrogen) atoms. The maximum Gasteiger partial charge on any atom is 0.410 e. The van der Waals surface area contributed by atoms with Crippen LogP contribution in [0.2, 0.25) is 0 Å². The normalized spacial score (nSPS) is 20.4. The number of rotatable bonds is 2. The van der Waals surface area contributed by atoms with Gasteiger partial charge in [0, 0.05) is 19.0 Å². The number of ether oxygens (including phenoxy) is 1. The molecule has 1 saturated heterocycles. The molecule has 1 N–H and O–H groups in total. The zero-order valence-electron chi connectivity index (χ0n) is 12.7. The molecule has 0 bridgehead atoms. The third kappa shape index (κ3) is 4.17. The van der Waals surface area contributed by atoms with E-state index in [1.165, 1.54) is 12.1 Å². The lowest BCUT2D eigenvalue weighted by atomic mass is 9.95. The Balaban J connectivity index is 1.95. The summed E-state index contributed by atoms with van der Waals surface area (Å²) in [6, 6.07) is 5.82. The Labute approximate surface area is 124 Å². The number of aliphatic hydroxyl groups is 1. The fraction of sp³-hybridized carbons (Fsp3) is 0.562. The summed E-state index contributed by atoms with van der Waals surface area (Å²) in [7, 11) is 0. The lowest BCUT2D eigenvalue weighted by Gasteiger charge is -2.25. The van der Waals surface area contributed by atoms with E-state index in [9.17, 15) is 14.3 Å². The highest BCUT2D eigenvalue weighted by Crippen LogP contribution is 2.30. The van der Waals surface area contributed by atoms with Crippen molar-refractivity contribution >= 4 is 6.09 Å². The molecule has 0 aromatic heterocycles. The van der Waals surface area contributed by atoms with E-state index in [2.05, 4.69) is 0 Å². The van der Waals surface area contributed by atoms with Gasteiger partial charge in [-0.15, -0.1) is 0 Å². The van der Waals surface area contributed by atoms with Crippen molar-refractivity contribution in [1.82, 2.24) is 4.90 Å². The van der Waals surface area contributed by atoms with E-state index in [1.807, 2.05) is 20.8 Å². The van der Waals surface area contributed by atoms with E-state index in [-0.39, 0.29) is 17.8 Å². The number of likely N-dealkylation sites (tertiary alicyclic amines) is 1. The molecule has 0 radical (unpaired) electrons. The summed E-state index contributed by atoms with van der Waals surface area (Å²) in [4.78, 5) is 13.6. The zero-order chi connectivity index (χ0) is 15.6. The van der Waals surface area contributed by atoms with Gasteiger partial charge < -0.3 is 14.7 Å². The van der Waals surface area contributed by atoms with E-state index >= 15 is 0 Å². The molecule has 5 heteroatoms. The molecule has 116 valence electrons. The molecule has 1 aliphatic rings. The van der Waals surface area contributed by atoms with Crippen molar-refractivity contribution in [1.29, 1.82) is 0 Å². The zero-order valence-corrected chi connectivity index (χ0v) is 12.7. The maximum absolute atomic E-state index is 12.9. The van der Waals surface area contributed by atoms with Crippen molar-refractivity contribution in [2.45, 2.75) is 38.9 Å². The number of halogens is 1. The summed E-state index contributed by atoms with van der Waals surface area (Å²) in [6.45, 7) is 6.49. The van der Waals surface area contributed by atoms with E-state index in [4.69, 9.17) is 4.74 Å². The van der Waals surface area contributed by atoms with Crippen LogP contribution < -0.4 is 0 Å². The molecule has 1 fully saturated rings. The third-order valence-corrected chi connectivity index (χ3v) is 3.53. The molecule has 1 amide bonds. The molecular formula is C16H22FNO3. The van der Waals surface area contributed by atoms with Gasteiger partial charge in [-0.2, -0.15) is 0 Å². The summed E-state index contributed by atoms with van der Waals surface area (Å²) >= 11 is 0. The number of carbonyl (C=O) groups excluding carboxylic acids is 1. The molecule has 0 spiro atoms. The Morgan fingerprint density at radius 1 is 1.38 bits per heavy atom. The van der Waals surface area contributed by atoms with E-state index < -0.39 is 11.7 Å². The predicted molar refractivity (Wildman–Crippen MR) is 77.3 cm³/mol. The highest BCUT2D eigenvalue weighted by Gasteiger charge is 2.33. The summed E-state index contributed by atoms with van der Waals surface area (Å²) in [5.41, 5.74) is 0.150. The van der Waals surface area contributed by atoms with Gasteiger partial charge in [0.25, 0.3) is 0 Å². The highest BCUT2D eigenvalue weighted by atomic mass is 19.1. The second-order valence-corrected chi connectivity index (χ2v) is 6.47. The van der Waals surface area contributed by atoms with Gasteiger partial charge in [-0.1, -0.05) is 12.1 Å². The van der Waals surface area contributed by atoms with E-state index in [1.54, 1.807) is 17.0 Å². The van der Waals surface area contributed by atoms with Crippen LogP contribution in [0.3, 0.4) is 0 Å². The van der Waals surface area contributed by atoms with Gasteiger partial charge in [-0.3, -0.25) is 0 Å². The first kappa shape index (κ1) is 15.8. The smallest absolute Gasteiger partial charge is 0.410 e. The summed E-state index contributed by atoms with van der Waals surface area (Å²) in [5, 5.41) is 10.3. The predicted octanol–water partition coefficient (Wildman–Crippen LogP) is 3.12. The fourth-order valence-corrected chi connectivity index (χ4v) is 2.47. The third-order valence-electron chi connectivity index (χ3n) is 3.53. The van der Waals surface area contributed by atoms with Gasteiger partial charge in [-0.25, -0.2) is 9.18 Å². The highest BCUT2D eigenvalue weighted by molar-refractivity contribution is 5.68. The monoisotopic (exact) mass is 295 g/mol. The van der Waals surface area contributed by atoms with Crippen molar-refractivity contribution < 1.29 is 19.0 Å². The van der Waals surface area contributed by atoms with Crippen LogP contribution >= 0.6 is 0 Å². The standard InChI is InChI=1S/C16H22FNO3/c1-16(2,3)21-15(20)18-9-8-12(10-18)14(19)11-4-6-13(17)7-5-11/h4-7,12,14,19H,8-10H2,1-3H3. The van der Waals surface area contributed by atoms with Crippen LogP contribution in [0.25, 0.3) is 0 Å². The molecule has 2 rings (SSSR count). The Hall–Kier alpha value is -1.62. The molecule has 1 aliphatic heterocycles. The van der Waals surface area contributed by atoms with Crippen LogP contribution in [0.4, 0.5) is 9.18 Å². The number of hydrogen-bond acceptors (Lipinski definition) is 3. The number of amides is 1. The molecule has 1 aromatic rings. The minimum absolute atomic E-state index is 0.0528. The molecule has 0 saturated carbocycles. The van der Waals surface area contributed by atoms with Gasteiger partial charge in [-0.05, 0) is 44.9 Å². The van der Waals surface area contributed by atoms with Crippen molar-refractivity contribution in [2.75, 3.05) is 13.1 Å². The van der Waals surface area contributed by atoms with Crippen molar-refractivity contribution in [2.24, 2.45) is 5.92 Å². The van der Waals surface area contributed by atoms with Gasteiger partial charge in [0.15, 0.2) is 0 Å². The first-order valence-electron chi connectivity index (χ1n) is 7.18.